The van der Waals surface area contributed by atoms with Crippen LogP contribution >= 0.6 is 0 Å². The molecule has 12 aromatic carbocycles. The van der Waals surface area contributed by atoms with E-state index in [-0.39, 0.29) is 66.9 Å². The van der Waals surface area contributed by atoms with Gasteiger partial charge in [-0.15, -0.1) is 0 Å². The van der Waals surface area contributed by atoms with Gasteiger partial charge in [0, 0.05) is 32.8 Å². The van der Waals surface area contributed by atoms with E-state index in [1.54, 1.807) is 0 Å². The van der Waals surface area contributed by atoms with Crippen LogP contribution in [0.3, 0.4) is 0 Å². The molecular formula is C88H42F24MgN8O8+2. The minimum absolute atomic E-state index is 0. The summed E-state index contributed by atoms with van der Waals surface area (Å²) in [6.07, 6.45) is -40.3. The average Bonchev–Trinajstić information content (AvgIpc) is 1.59. The summed E-state index contributed by atoms with van der Waals surface area (Å²) in [5, 5.41) is -1.25. The molecule has 2 N–H and O–H groups in total. The number of H-pyrrole nitrogens is 2. The maximum Gasteiger partial charge on any atom is 2.00 e. The van der Waals surface area contributed by atoms with E-state index in [0.29, 0.717) is 97.1 Å². The zero-order chi connectivity index (χ0) is 90.7. The molecule has 0 atom stereocenters. The van der Waals surface area contributed by atoms with Gasteiger partial charge in [-0.05, 0) is 194 Å². The number of halogens is 24. The van der Waals surface area contributed by atoms with Crippen LogP contribution < -0.4 is 57.8 Å². The van der Waals surface area contributed by atoms with Crippen molar-refractivity contribution in [3.63, 3.8) is 0 Å². The van der Waals surface area contributed by atoms with Crippen molar-refractivity contribution in [1.29, 1.82) is 0 Å². The van der Waals surface area contributed by atoms with Gasteiger partial charge in [0.1, 0.15) is 51.8 Å². The molecule has 0 amide bonds. The second kappa shape index (κ2) is 32.7. The van der Waals surface area contributed by atoms with Crippen molar-refractivity contribution in [2.45, 2.75) is 49.4 Å². The second-order valence-electron chi connectivity index (χ2n) is 28.0. The molecule has 0 aliphatic carbocycles. The monoisotopic (exact) mass is 1820 g/mol. The van der Waals surface area contributed by atoms with Gasteiger partial charge in [0.15, 0.2) is 62.9 Å². The van der Waals surface area contributed by atoms with Gasteiger partial charge in [-0.2, -0.15) is 105 Å². The van der Waals surface area contributed by atoms with Gasteiger partial charge < -0.3 is 47.9 Å². The van der Waals surface area contributed by atoms with E-state index in [1.807, 2.05) is 0 Å². The Hall–Kier alpha value is -14.5. The van der Waals surface area contributed by atoms with E-state index in [9.17, 15) is 105 Å². The summed E-state index contributed by atoms with van der Waals surface area (Å²) in [5.41, 5.74) is -13.8. The summed E-state index contributed by atoms with van der Waals surface area (Å²) < 4.78 is 398. The molecule has 0 saturated heterocycles. The number of aromatic nitrogens is 8. The molecule has 2 aliphatic rings. The maximum absolute atomic E-state index is 14.5. The maximum atomic E-state index is 14.5. The first-order valence-electron chi connectivity index (χ1n) is 36.7. The van der Waals surface area contributed by atoms with Crippen LogP contribution in [0.25, 0.3) is 89.7 Å². The standard InChI is InChI=1S/C88H40F24N8O8.Mg/c89-81(90,91)41-9-1-17-49(25-41)121-65-33-57-58(34-66(65)122-50-18-2-10-42(26-50)82(92,93)94)74-113-73(57)117-75-59-35-67(123-51-19-3-11-43(27-51)83(95,96)97)68(124-52-20-4-12-44(28-52)84(98,99)100)36-60(59)77(114-75)119-79-63-39-71(127-55-23-7-15-47(31-55)87(107,108)109)72(128-56-24-8-16-48(32-56)88(110,111)112)40-64(63)80(116-79)120-78-62-38-70(126-54-22-6-14-46(30-54)86(104,105)106)69(37-61(62)76(115-78)118-74)125-53-21-5-13-45(29-53)85(101,102)103;/h1-40H;/q-2;+2/p+2. The fourth-order valence-corrected chi connectivity index (χ4v) is 13.4. The number of hydrogen-bond acceptors (Lipinski definition) is 12. The van der Waals surface area contributed by atoms with Crippen LogP contribution in [-0.4, -0.2) is 43.0 Å². The Bertz CT molecular complexity index is 6320. The molecule has 0 saturated carbocycles. The van der Waals surface area contributed by atoms with E-state index in [2.05, 4.69) is 9.97 Å². The Kier molecular flexibility index (Phi) is 22.3. The predicted octanol–water partition coefficient (Wildman–Crippen LogP) is 27.1. The molecule has 16 nitrogen and oxygen atoms in total. The first-order chi connectivity index (χ1) is 60.3. The zero-order valence-electron chi connectivity index (χ0n) is 63.8. The zero-order valence-corrected chi connectivity index (χ0v) is 65.2. The fraction of sp³-hybridized carbons (Fsp3) is 0.0909. The van der Waals surface area contributed by atoms with E-state index >= 15 is 0 Å². The molecule has 650 valence electrons. The first-order valence-corrected chi connectivity index (χ1v) is 36.7. The molecule has 5 heterocycles. The van der Waals surface area contributed by atoms with E-state index in [4.69, 9.17) is 67.8 Å². The minimum Gasteiger partial charge on any atom is -0.453 e. The van der Waals surface area contributed by atoms with Crippen molar-refractivity contribution in [1.82, 2.24) is 29.9 Å². The number of aromatic amines is 2. The summed E-state index contributed by atoms with van der Waals surface area (Å²) in [6, 6.07) is 33.6. The number of alkyl halides is 24. The normalized spacial score (nSPS) is 12.6. The Labute approximate surface area is 721 Å². The molecule has 8 bridgehead atoms. The topological polar surface area (TPSA) is 182 Å². The summed E-state index contributed by atoms with van der Waals surface area (Å²) in [5.74, 6) is -11.8. The number of benzene rings is 12. The van der Waals surface area contributed by atoms with Gasteiger partial charge in [0.25, 0.3) is 17.5 Å². The first kappa shape index (κ1) is 87.9. The van der Waals surface area contributed by atoms with E-state index < -0.39 is 232 Å². The van der Waals surface area contributed by atoms with Crippen molar-refractivity contribution in [2.75, 3.05) is 0 Å². The SMILES string of the molecule is FC(F)(F)c1cccc(Oc2cc3c(cc2Oc2cccc(C(F)(F)F)c2)-c2nc4[n-]c(nc5[nH+]c(nc6[n-]c(nc-3[nH+]2)c2cc(Oc3cccc(C(F)(F)F)c3)c(Oc3cccc(C(F)(F)F)c3)cc62)-c2cc(Oc3cccc(C(F)(F)F)c3)c(Oc3cccc(C(F)(F)F)c3)cc2-5)c2cc(Oc3cccc(C(F)(F)F)c3)c(Oc3cccc(C(F)(F)F)c3)cc42)c1.[Mg+2]. The van der Waals surface area contributed by atoms with Gasteiger partial charge in [-0.25, -0.2) is 4.98 Å². The van der Waals surface area contributed by atoms with Crippen LogP contribution in [0.5, 0.6) is 92.0 Å². The van der Waals surface area contributed by atoms with Crippen molar-refractivity contribution in [2.24, 2.45) is 0 Å². The Morgan fingerprint density at radius 3 is 0.473 bits per heavy atom. The summed E-state index contributed by atoms with van der Waals surface area (Å²) in [4.78, 5) is 35.2. The van der Waals surface area contributed by atoms with Crippen molar-refractivity contribution in [3.05, 3.63) is 287 Å². The summed E-state index contributed by atoms with van der Waals surface area (Å²) in [6.45, 7) is 0. The van der Waals surface area contributed by atoms with Crippen molar-refractivity contribution in [3.8, 4) is 138 Å². The smallest absolute Gasteiger partial charge is 0.453 e. The van der Waals surface area contributed by atoms with Gasteiger partial charge >= 0.3 is 72.5 Å². The summed E-state index contributed by atoms with van der Waals surface area (Å²) in [7, 11) is 0. The molecular weight excluding hydrogens is 1780 g/mol. The van der Waals surface area contributed by atoms with Gasteiger partial charge in [-0.3, -0.25) is 9.97 Å². The minimum atomic E-state index is -5.04. The molecule has 0 spiro atoms. The summed E-state index contributed by atoms with van der Waals surface area (Å²) >= 11 is 0. The molecule has 3 aromatic heterocycles. The van der Waals surface area contributed by atoms with E-state index in [0.717, 1.165) is 146 Å². The molecule has 17 rings (SSSR count). The third kappa shape index (κ3) is 18.9. The number of rotatable bonds is 16. The van der Waals surface area contributed by atoms with Gasteiger partial charge in [0.2, 0.25) is 0 Å². The quantitative estimate of drug-likeness (QED) is 0.0658. The van der Waals surface area contributed by atoms with Crippen LogP contribution in [0.2, 0.25) is 0 Å². The molecule has 0 radical (unpaired) electrons. The van der Waals surface area contributed by atoms with Gasteiger partial charge in [0.05, 0.1) is 61.2 Å². The third-order valence-electron chi connectivity index (χ3n) is 19.2. The Morgan fingerprint density at radius 1 is 0.194 bits per heavy atom. The third-order valence-corrected chi connectivity index (χ3v) is 19.2. The number of nitrogens with zero attached hydrogens (tertiary/aromatic N) is 6. The van der Waals surface area contributed by atoms with Crippen molar-refractivity contribution >= 4 is 67.2 Å². The van der Waals surface area contributed by atoms with Crippen LogP contribution in [0.1, 0.15) is 44.5 Å². The van der Waals surface area contributed by atoms with Crippen LogP contribution in [0, 0.1) is 0 Å². The Balaban J connectivity index is 0.0000122. The number of nitrogens with one attached hydrogen (secondary N) is 2. The molecule has 129 heavy (non-hydrogen) atoms. The average molecular weight is 1820 g/mol. The largest absolute Gasteiger partial charge is 2.00 e. The molecule has 2 aliphatic heterocycles. The fourth-order valence-electron chi connectivity index (χ4n) is 13.4. The van der Waals surface area contributed by atoms with Crippen LogP contribution in [0.15, 0.2) is 243 Å². The van der Waals surface area contributed by atoms with Crippen LogP contribution in [0.4, 0.5) is 105 Å². The number of fused-ring (bicyclic) bond motifs is 20. The van der Waals surface area contributed by atoms with Crippen LogP contribution in [-0.2, 0) is 49.4 Å². The molecule has 0 unspecified atom stereocenters. The molecule has 0 fully saturated rings. The second-order valence-corrected chi connectivity index (χ2v) is 28.0. The van der Waals surface area contributed by atoms with E-state index in [1.165, 1.54) is 0 Å². The molecule has 15 aromatic rings. The molecule has 41 heteroatoms. The number of ether oxygens (including phenoxy) is 8. The predicted molar refractivity (Wildman–Crippen MR) is 409 cm³/mol. The van der Waals surface area contributed by atoms with Gasteiger partial charge in [-0.1, -0.05) is 63.5 Å². The Morgan fingerprint density at radius 2 is 0.333 bits per heavy atom. The van der Waals surface area contributed by atoms with Crippen molar-refractivity contribution < 1.29 is 153 Å². The number of hydrogen-bond donors (Lipinski definition) is 0.